The molecule has 0 bridgehead atoms. The van der Waals surface area contributed by atoms with Crippen LogP contribution in [0.15, 0.2) is 52.3 Å². The van der Waals surface area contributed by atoms with Gasteiger partial charge in [0.05, 0.1) is 12.1 Å². The fourth-order valence-corrected chi connectivity index (χ4v) is 3.99. The van der Waals surface area contributed by atoms with Gasteiger partial charge in [0.2, 0.25) is 5.89 Å². The van der Waals surface area contributed by atoms with E-state index >= 15 is 0 Å². The zero-order valence-electron chi connectivity index (χ0n) is 17.4. The van der Waals surface area contributed by atoms with Crippen LogP contribution in [-0.4, -0.2) is 20.7 Å². The monoisotopic (exact) mass is 421 g/mol. The first-order valence-electron chi connectivity index (χ1n) is 9.73. The van der Waals surface area contributed by atoms with E-state index in [2.05, 4.69) is 26.2 Å². The van der Waals surface area contributed by atoms with Crippen LogP contribution in [0.25, 0.3) is 11.5 Å². The third-order valence-corrected chi connectivity index (χ3v) is 5.92. The minimum absolute atomic E-state index is 0.270. The molecule has 154 valence electrons. The van der Waals surface area contributed by atoms with Crippen LogP contribution in [0.3, 0.4) is 0 Å². The Morgan fingerprint density at radius 1 is 1.17 bits per heavy atom. The molecule has 0 amide bonds. The number of aromatic nitrogens is 3. The lowest BCUT2D eigenvalue weighted by Crippen LogP contribution is -2.11. The summed E-state index contributed by atoms with van der Waals surface area (Å²) in [7, 11) is 0. The van der Waals surface area contributed by atoms with Crippen molar-refractivity contribution in [3.05, 3.63) is 81.1 Å². The first kappa shape index (κ1) is 20.1. The van der Waals surface area contributed by atoms with E-state index in [1.807, 2.05) is 57.2 Å². The molecule has 4 aromatic rings. The molecule has 4 rings (SSSR count). The van der Waals surface area contributed by atoms with Crippen LogP contribution in [0.5, 0.6) is 0 Å². The second-order valence-corrected chi connectivity index (χ2v) is 8.34. The van der Waals surface area contributed by atoms with Gasteiger partial charge < -0.3 is 13.7 Å². The summed E-state index contributed by atoms with van der Waals surface area (Å²) in [5.74, 6) is 0.274. The van der Waals surface area contributed by atoms with Crippen molar-refractivity contribution < 1.29 is 13.9 Å². The number of benzene rings is 1. The van der Waals surface area contributed by atoms with Crippen LogP contribution in [-0.2, 0) is 11.3 Å². The molecule has 1 atom stereocenters. The highest BCUT2D eigenvalue weighted by molar-refractivity contribution is 7.09. The predicted octanol–water partition coefficient (Wildman–Crippen LogP) is 5.49. The standard InChI is InChI=1S/C23H23N3O3S/c1-14-7-9-18(10-8-14)22-25-24-21(29-22)17(4)28-23(27)20-12-15(2)26(16(20)3)13-19-6-5-11-30-19/h5-12,17H,13H2,1-4H3/t17-/m1/s1. The second-order valence-electron chi connectivity index (χ2n) is 7.31. The van der Waals surface area contributed by atoms with Gasteiger partial charge in [0.15, 0.2) is 6.10 Å². The van der Waals surface area contributed by atoms with Crippen LogP contribution in [0.1, 0.15) is 51.1 Å². The lowest BCUT2D eigenvalue weighted by Gasteiger charge is -2.10. The second kappa shape index (κ2) is 8.28. The van der Waals surface area contributed by atoms with Crippen molar-refractivity contribution in [2.45, 2.75) is 40.3 Å². The molecule has 0 fully saturated rings. The fraction of sp³-hybridized carbons (Fsp3) is 0.261. The summed E-state index contributed by atoms with van der Waals surface area (Å²) in [6.07, 6.45) is -0.649. The Morgan fingerprint density at radius 3 is 2.63 bits per heavy atom. The molecule has 0 unspecified atom stereocenters. The third kappa shape index (κ3) is 4.07. The number of hydrogen-bond acceptors (Lipinski definition) is 6. The third-order valence-electron chi connectivity index (χ3n) is 5.06. The normalized spacial score (nSPS) is 12.1. The number of esters is 1. The zero-order valence-corrected chi connectivity index (χ0v) is 18.2. The minimum Gasteiger partial charge on any atom is -0.449 e. The Balaban J connectivity index is 1.48. The average Bonchev–Trinajstić information content (AvgIpc) is 3.46. The van der Waals surface area contributed by atoms with Crippen molar-refractivity contribution in [1.29, 1.82) is 0 Å². The molecule has 3 heterocycles. The molecule has 0 saturated heterocycles. The average molecular weight is 422 g/mol. The number of ether oxygens (including phenoxy) is 1. The topological polar surface area (TPSA) is 70.2 Å². The summed E-state index contributed by atoms with van der Waals surface area (Å²) in [4.78, 5) is 14.0. The van der Waals surface area contributed by atoms with Gasteiger partial charge in [-0.2, -0.15) is 0 Å². The smallest absolute Gasteiger partial charge is 0.340 e. The first-order chi connectivity index (χ1) is 14.4. The van der Waals surface area contributed by atoms with E-state index in [-0.39, 0.29) is 5.89 Å². The molecule has 7 heteroatoms. The number of rotatable bonds is 6. The van der Waals surface area contributed by atoms with Crippen LogP contribution in [0.2, 0.25) is 0 Å². The predicted molar refractivity (Wildman–Crippen MR) is 116 cm³/mol. The molecule has 0 saturated carbocycles. The Hall–Kier alpha value is -3.19. The summed E-state index contributed by atoms with van der Waals surface area (Å²) in [5.41, 5.74) is 4.42. The summed E-state index contributed by atoms with van der Waals surface area (Å²) >= 11 is 1.70. The van der Waals surface area contributed by atoms with Gasteiger partial charge in [-0.25, -0.2) is 4.79 Å². The quantitative estimate of drug-likeness (QED) is 0.385. The molecule has 0 aliphatic carbocycles. The molecule has 0 radical (unpaired) electrons. The Kier molecular flexibility index (Phi) is 5.55. The van der Waals surface area contributed by atoms with E-state index in [1.165, 1.54) is 4.88 Å². The largest absolute Gasteiger partial charge is 0.449 e. The highest BCUT2D eigenvalue weighted by atomic mass is 32.1. The summed E-state index contributed by atoms with van der Waals surface area (Å²) in [5, 5.41) is 10.2. The van der Waals surface area contributed by atoms with E-state index in [9.17, 15) is 4.79 Å². The lowest BCUT2D eigenvalue weighted by molar-refractivity contribution is 0.0279. The van der Waals surface area contributed by atoms with E-state index in [4.69, 9.17) is 9.15 Å². The maximum atomic E-state index is 12.8. The van der Waals surface area contributed by atoms with Gasteiger partial charge >= 0.3 is 5.97 Å². The number of carbonyl (C=O) groups is 1. The Bertz CT molecular complexity index is 1160. The van der Waals surface area contributed by atoms with Gasteiger partial charge in [-0.3, -0.25) is 0 Å². The highest BCUT2D eigenvalue weighted by Gasteiger charge is 2.23. The molecule has 0 N–H and O–H groups in total. The van der Waals surface area contributed by atoms with Gasteiger partial charge in [-0.1, -0.05) is 23.8 Å². The molecular formula is C23H23N3O3S. The summed E-state index contributed by atoms with van der Waals surface area (Å²) in [6.45, 7) is 8.41. The number of thiophene rings is 1. The molecule has 0 aliphatic heterocycles. The zero-order chi connectivity index (χ0) is 21.3. The molecule has 0 spiro atoms. The van der Waals surface area contributed by atoms with Gasteiger partial charge in [0, 0.05) is 21.8 Å². The number of hydrogen-bond donors (Lipinski definition) is 0. The SMILES string of the molecule is Cc1ccc(-c2nnc([C@@H](C)OC(=O)c3cc(C)n(Cc4cccs4)c3C)o2)cc1. The molecule has 1 aromatic carbocycles. The number of aryl methyl sites for hydroxylation is 2. The first-order valence-corrected chi connectivity index (χ1v) is 10.6. The summed E-state index contributed by atoms with van der Waals surface area (Å²) in [6, 6.07) is 13.8. The Labute approximate surface area is 179 Å². The Morgan fingerprint density at radius 2 is 1.93 bits per heavy atom. The van der Waals surface area contributed by atoms with Crippen LogP contribution in [0.4, 0.5) is 0 Å². The van der Waals surface area contributed by atoms with Gasteiger partial charge in [0.25, 0.3) is 5.89 Å². The molecule has 0 aliphatic rings. The van der Waals surface area contributed by atoms with E-state index in [1.54, 1.807) is 18.3 Å². The van der Waals surface area contributed by atoms with Crippen molar-refractivity contribution in [2.24, 2.45) is 0 Å². The lowest BCUT2D eigenvalue weighted by atomic mass is 10.1. The van der Waals surface area contributed by atoms with Gasteiger partial charge in [0.1, 0.15) is 0 Å². The van der Waals surface area contributed by atoms with E-state index in [0.717, 1.165) is 29.1 Å². The fourth-order valence-electron chi connectivity index (χ4n) is 3.30. The van der Waals surface area contributed by atoms with Crippen LogP contribution >= 0.6 is 11.3 Å². The molecule has 6 nitrogen and oxygen atoms in total. The van der Waals surface area contributed by atoms with E-state index < -0.39 is 12.1 Å². The summed E-state index contributed by atoms with van der Waals surface area (Å²) < 4.78 is 13.5. The molecular weight excluding hydrogens is 398 g/mol. The maximum Gasteiger partial charge on any atom is 0.340 e. The van der Waals surface area contributed by atoms with Crippen LogP contribution < -0.4 is 0 Å². The molecule has 3 aromatic heterocycles. The van der Waals surface area contributed by atoms with Gasteiger partial charge in [-0.05, 0) is 57.3 Å². The minimum atomic E-state index is -0.649. The molecule has 30 heavy (non-hydrogen) atoms. The van der Waals surface area contributed by atoms with Crippen LogP contribution in [0, 0.1) is 20.8 Å². The maximum absolute atomic E-state index is 12.8. The number of nitrogens with zero attached hydrogens (tertiary/aromatic N) is 3. The van der Waals surface area contributed by atoms with Crippen molar-refractivity contribution >= 4 is 17.3 Å². The number of carbonyl (C=O) groups excluding carboxylic acids is 1. The van der Waals surface area contributed by atoms with Crippen molar-refractivity contribution in [2.75, 3.05) is 0 Å². The van der Waals surface area contributed by atoms with Crippen molar-refractivity contribution in [3.8, 4) is 11.5 Å². The van der Waals surface area contributed by atoms with Crippen molar-refractivity contribution in [3.63, 3.8) is 0 Å². The highest BCUT2D eigenvalue weighted by Crippen LogP contribution is 2.25. The van der Waals surface area contributed by atoms with Crippen molar-refractivity contribution in [1.82, 2.24) is 14.8 Å². The van der Waals surface area contributed by atoms with E-state index in [0.29, 0.717) is 11.5 Å². The van der Waals surface area contributed by atoms with Gasteiger partial charge in [-0.15, -0.1) is 21.5 Å².